The summed E-state index contributed by atoms with van der Waals surface area (Å²) in [6, 6.07) is 0. The number of halogens is 1. The summed E-state index contributed by atoms with van der Waals surface area (Å²) >= 11 is 1.66. The van der Waals surface area contributed by atoms with E-state index in [0.29, 0.717) is 13.0 Å². The average Bonchev–Trinajstić information content (AvgIpc) is 1.80. The third-order valence-electron chi connectivity index (χ3n) is 0.755. The van der Waals surface area contributed by atoms with Gasteiger partial charge < -0.3 is 11.5 Å². The standard InChI is InChI=1S/C5H12N2OS.ClH/c6-2-4-9-3-1-5(7)8;/h1-4,6H2,(H2,7,8);1H. The van der Waals surface area contributed by atoms with E-state index in [2.05, 4.69) is 0 Å². The summed E-state index contributed by atoms with van der Waals surface area (Å²) in [5.41, 5.74) is 10.1. The van der Waals surface area contributed by atoms with Gasteiger partial charge in [-0.1, -0.05) is 0 Å². The van der Waals surface area contributed by atoms with Gasteiger partial charge >= 0.3 is 0 Å². The molecule has 4 N–H and O–H groups in total. The largest absolute Gasteiger partial charge is 0.370 e. The fourth-order valence-electron chi connectivity index (χ4n) is 0.358. The van der Waals surface area contributed by atoms with Crippen LogP contribution < -0.4 is 11.5 Å². The van der Waals surface area contributed by atoms with Gasteiger partial charge in [0.2, 0.25) is 5.91 Å². The van der Waals surface area contributed by atoms with Crippen LogP contribution in [0.3, 0.4) is 0 Å². The summed E-state index contributed by atoms with van der Waals surface area (Å²) < 4.78 is 0. The molecule has 0 aliphatic rings. The Hall–Kier alpha value is 0.0700. The first-order chi connectivity index (χ1) is 4.27. The van der Waals surface area contributed by atoms with Gasteiger partial charge in [-0.2, -0.15) is 11.8 Å². The molecule has 0 spiro atoms. The SMILES string of the molecule is Cl.NCCSCCC(N)=O. The van der Waals surface area contributed by atoms with Crippen LogP contribution in [-0.4, -0.2) is 24.0 Å². The molecule has 0 saturated heterocycles. The van der Waals surface area contributed by atoms with Crippen LogP contribution in [0.15, 0.2) is 0 Å². The molecule has 0 aromatic heterocycles. The van der Waals surface area contributed by atoms with Gasteiger partial charge in [-0.05, 0) is 0 Å². The molecule has 0 radical (unpaired) electrons. The maximum atomic E-state index is 10.1. The molecule has 0 aromatic rings. The number of carbonyl (C=O) groups is 1. The number of carbonyl (C=O) groups excluding carboxylic acids is 1. The quantitative estimate of drug-likeness (QED) is 0.590. The van der Waals surface area contributed by atoms with Gasteiger partial charge in [-0.3, -0.25) is 4.79 Å². The number of amides is 1. The number of hydrogen-bond donors (Lipinski definition) is 2. The molecule has 0 bridgehead atoms. The molecule has 0 saturated carbocycles. The van der Waals surface area contributed by atoms with Crippen molar-refractivity contribution in [2.45, 2.75) is 6.42 Å². The Labute approximate surface area is 71.3 Å². The normalized spacial score (nSPS) is 8.50. The van der Waals surface area contributed by atoms with Crippen molar-refractivity contribution >= 4 is 30.1 Å². The van der Waals surface area contributed by atoms with Crippen LogP contribution in [0.1, 0.15) is 6.42 Å². The van der Waals surface area contributed by atoms with Crippen molar-refractivity contribution in [1.82, 2.24) is 0 Å². The third-order valence-corrected chi connectivity index (χ3v) is 1.77. The fourth-order valence-corrected chi connectivity index (χ4v) is 1.07. The van der Waals surface area contributed by atoms with Crippen LogP contribution in [-0.2, 0) is 4.79 Å². The number of thioether (sulfide) groups is 1. The first-order valence-corrected chi connectivity index (χ1v) is 3.99. The second-order valence-electron chi connectivity index (χ2n) is 1.62. The predicted octanol–water partition coefficient (Wildman–Crippen LogP) is -0.0245. The minimum absolute atomic E-state index is 0. The van der Waals surface area contributed by atoms with E-state index in [-0.39, 0.29) is 18.3 Å². The highest BCUT2D eigenvalue weighted by molar-refractivity contribution is 7.99. The lowest BCUT2D eigenvalue weighted by atomic mass is 10.5. The van der Waals surface area contributed by atoms with Crippen molar-refractivity contribution in [1.29, 1.82) is 0 Å². The molecule has 0 unspecified atom stereocenters. The van der Waals surface area contributed by atoms with E-state index in [1.165, 1.54) is 0 Å². The molecule has 0 aliphatic heterocycles. The maximum Gasteiger partial charge on any atom is 0.218 e. The predicted molar refractivity (Wildman–Crippen MR) is 47.4 cm³/mol. The van der Waals surface area contributed by atoms with Crippen molar-refractivity contribution in [2.24, 2.45) is 11.5 Å². The number of rotatable bonds is 5. The van der Waals surface area contributed by atoms with Gasteiger partial charge in [0.05, 0.1) is 0 Å². The van der Waals surface area contributed by atoms with E-state index >= 15 is 0 Å². The molecule has 3 nitrogen and oxygen atoms in total. The minimum Gasteiger partial charge on any atom is -0.370 e. The fraction of sp³-hybridized carbons (Fsp3) is 0.800. The maximum absolute atomic E-state index is 10.1. The van der Waals surface area contributed by atoms with Gasteiger partial charge in [0.15, 0.2) is 0 Å². The van der Waals surface area contributed by atoms with E-state index in [1.54, 1.807) is 11.8 Å². The molecular formula is C5H13ClN2OS. The number of nitrogens with two attached hydrogens (primary N) is 2. The van der Waals surface area contributed by atoms with Crippen LogP contribution in [0, 0.1) is 0 Å². The molecule has 1 amide bonds. The Morgan fingerprint density at radius 1 is 1.40 bits per heavy atom. The second-order valence-corrected chi connectivity index (χ2v) is 2.84. The molecule has 5 heteroatoms. The van der Waals surface area contributed by atoms with Crippen molar-refractivity contribution in [2.75, 3.05) is 18.1 Å². The molecular weight excluding hydrogens is 172 g/mol. The Morgan fingerprint density at radius 3 is 2.40 bits per heavy atom. The zero-order valence-corrected chi connectivity index (χ0v) is 7.34. The Bertz CT molecular complexity index is 91.7. The zero-order valence-electron chi connectivity index (χ0n) is 5.71. The third kappa shape index (κ3) is 10.9. The van der Waals surface area contributed by atoms with Crippen LogP contribution in [0.5, 0.6) is 0 Å². The lowest BCUT2D eigenvalue weighted by Gasteiger charge is -1.94. The van der Waals surface area contributed by atoms with Crippen LogP contribution >= 0.6 is 24.2 Å². The Kier molecular flexibility index (Phi) is 11.5. The molecule has 62 valence electrons. The summed E-state index contributed by atoms with van der Waals surface area (Å²) in [5, 5.41) is 0. The monoisotopic (exact) mass is 184 g/mol. The lowest BCUT2D eigenvalue weighted by Crippen LogP contribution is -2.11. The second kappa shape index (κ2) is 9.07. The lowest BCUT2D eigenvalue weighted by molar-refractivity contribution is -0.117. The van der Waals surface area contributed by atoms with Crippen LogP contribution in [0.25, 0.3) is 0 Å². The van der Waals surface area contributed by atoms with Gasteiger partial charge in [-0.25, -0.2) is 0 Å². The topological polar surface area (TPSA) is 69.1 Å². The Balaban J connectivity index is 0. The molecule has 0 aromatic carbocycles. The van der Waals surface area contributed by atoms with E-state index < -0.39 is 0 Å². The molecule has 0 fully saturated rings. The minimum atomic E-state index is -0.237. The molecule has 0 heterocycles. The van der Waals surface area contributed by atoms with E-state index in [0.717, 1.165) is 11.5 Å². The van der Waals surface area contributed by atoms with Crippen LogP contribution in [0.2, 0.25) is 0 Å². The summed E-state index contributed by atoms with van der Waals surface area (Å²) in [4.78, 5) is 10.1. The smallest absolute Gasteiger partial charge is 0.218 e. The summed E-state index contributed by atoms with van der Waals surface area (Å²) in [7, 11) is 0. The first-order valence-electron chi connectivity index (χ1n) is 2.83. The van der Waals surface area contributed by atoms with E-state index in [1.807, 2.05) is 0 Å². The average molecular weight is 185 g/mol. The highest BCUT2D eigenvalue weighted by Crippen LogP contribution is 1.98. The highest BCUT2D eigenvalue weighted by Gasteiger charge is 1.92. The summed E-state index contributed by atoms with van der Waals surface area (Å²) in [6.07, 6.45) is 0.463. The van der Waals surface area contributed by atoms with Crippen molar-refractivity contribution in [3.63, 3.8) is 0 Å². The Morgan fingerprint density at radius 2 is 2.00 bits per heavy atom. The summed E-state index contributed by atoms with van der Waals surface area (Å²) in [5.74, 6) is 1.47. The van der Waals surface area contributed by atoms with Gasteiger partial charge in [0, 0.05) is 24.5 Å². The highest BCUT2D eigenvalue weighted by atomic mass is 35.5. The molecule has 0 aliphatic carbocycles. The van der Waals surface area contributed by atoms with Crippen molar-refractivity contribution < 1.29 is 4.79 Å². The van der Waals surface area contributed by atoms with E-state index in [4.69, 9.17) is 11.5 Å². The number of hydrogen-bond acceptors (Lipinski definition) is 3. The van der Waals surface area contributed by atoms with Gasteiger partial charge in [-0.15, -0.1) is 12.4 Å². The molecule has 0 rings (SSSR count). The van der Waals surface area contributed by atoms with Gasteiger partial charge in [0.25, 0.3) is 0 Å². The number of primary amides is 1. The van der Waals surface area contributed by atoms with Crippen LogP contribution in [0.4, 0.5) is 0 Å². The van der Waals surface area contributed by atoms with Gasteiger partial charge in [0.1, 0.15) is 0 Å². The van der Waals surface area contributed by atoms with Crippen molar-refractivity contribution in [3.05, 3.63) is 0 Å². The molecule has 0 atom stereocenters. The first kappa shape index (κ1) is 12.7. The summed E-state index contributed by atoms with van der Waals surface area (Å²) in [6.45, 7) is 0.670. The molecule has 10 heavy (non-hydrogen) atoms. The van der Waals surface area contributed by atoms with Crippen molar-refractivity contribution in [3.8, 4) is 0 Å². The zero-order chi connectivity index (χ0) is 7.11. The van der Waals surface area contributed by atoms with E-state index in [9.17, 15) is 4.79 Å².